The third-order valence-corrected chi connectivity index (χ3v) is 4.75. The summed E-state index contributed by atoms with van der Waals surface area (Å²) in [6.07, 6.45) is 11.8. The smallest absolute Gasteiger partial charge is 0.126 e. The van der Waals surface area contributed by atoms with E-state index in [9.17, 15) is 4.79 Å². The maximum atomic E-state index is 11.4. The highest BCUT2D eigenvalue weighted by molar-refractivity contribution is 5.61. The molecular weight excluding hydrogens is 172 g/mol. The molecule has 80 valence electrons. The van der Waals surface area contributed by atoms with Gasteiger partial charge >= 0.3 is 0 Å². The minimum atomic E-state index is 0.0838. The summed E-state index contributed by atoms with van der Waals surface area (Å²) in [6.45, 7) is 2.29. The molecular formula is C13H22O. The first-order valence-corrected chi connectivity index (χ1v) is 6.26. The van der Waals surface area contributed by atoms with Gasteiger partial charge in [-0.2, -0.15) is 0 Å². The highest BCUT2D eigenvalue weighted by Gasteiger charge is 2.46. The molecule has 0 aromatic carbocycles. The Morgan fingerprint density at radius 3 is 2.29 bits per heavy atom. The van der Waals surface area contributed by atoms with Crippen molar-refractivity contribution in [2.75, 3.05) is 0 Å². The number of hydrogen-bond donors (Lipinski definition) is 0. The lowest BCUT2D eigenvalue weighted by molar-refractivity contribution is -0.122. The molecule has 2 saturated carbocycles. The third kappa shape index (κ3) is 1.51. The van der Waals surface area contributed by atoms with Crippen LogP contribution in [0.25, 0.3) is 0 Å². The van der Waals surface area contributed by atoms with Crippen LogP contribution in [0.2, 0.25) is 0 Å². The lowest BCUT2D eigenvalue weighted by Crippen LogP contribution is -2.36. The molecule has 0 N–H and O–H groups in total. The van der Waals surface area contributed by atoms with Crippen molar-refractivity contribution in [1.82, 2.24) is 0 Å². The molecule has 14 heavy (non-hydrogen) atoms. The zero-order valence-electron chi connectivity index (χ0n) is 9.30. The standard InChI is InChI=1S/C13H22O/c1-11-6-5-9-13(11,10-14)12-7-3-2-4-8-12/h10-12H,2-9H2,1H3. The molecule has 0 aromatic heterocycles. The van der Waals surface area contributed by atoms with E-state index >= 15 is 0 Å². The largest absolute Gasteiger partial charge is 0.303 e. The molecule has 2 fully saturated rings. The van der Waals surface area contributed by atoms with Crippen molar-refractivity contribution >= 4 is 6.29 Å². The Bertz CT molecular complexity index is 205. The molecule has 2 aliphatic rings. The summed E-state index contributed by atoms with van der Waals surface area (Å²) in [5, 5.41) is 0. The summed E-state index contributed by atoms with van der Waals surface area (Å²) in [7, 11) is 0. The van der Waals surface area contributed by atoms with E-state index in [1.165, 1.54) is 57.7 Å². The van der Waals surface area contributed by atoms with Crippen molar-refractivity contribution in [3.8, 4) is 0 Å². The molecule has 0 radical (unpaired) electrons. The quantitative estimate of drug-likeness (QED) is 0.614. The van der Waals surface area contributed by atoms with Crippen molar-refractivity contribution in [1.29, 1.82) is 0 Å². The summed E-state index contributed by atoms with van der Waals surface area (Å²) in [4.78, 5) is 11.4. The highest BCUT2D eigenvalue weighted by atomic mass is 16.1. The van der Waals surface area contributed by atoms with Crippen LogP contribution in [0, 0.1) is 17.3 Å². The second-order valence-electron chi connectivity index (χ2n) is 5.36. The highest BCUT2D eigenvalue weighted by Crippen LogP contribution is 2.51. The molecule has 2 atom stereocenters. The number of carbonyl (C=O) groups is 1. The SMILES string of the molecule is CC1CCCC1(C=O)C1CCCCC1. The zero-order chi connectivity index (χ0) is 10.0. The predicted octanol–water partition coefficient (Wildman–Crippen LogP) is 3.57. The van der Waals surface area contributed by atoms with E-state index in [0.717, 1.165) is 0 Å². The van der Waals surface area contributed by atoms with Gasteiger partial charge in [0.2, 0.25) is 0 Å². The van der Waals surface area contributed by atoms with E-state index in [1.54, 1.807) is 0 Å². The molecule has 2 rings (SSSR count). The average Bonchev–Trinajstić information content (AvgIpc) is 2.62. The second kappa shape index (κ2) is 4.04. The molecule has 2 aliphatic carbocycles. The first-order valence-electron chi connectivity index (χ1n) is 6.26. The van der Waals surface area contributed by atoms with E-state index in [-0.39, 0.29) is 5.41 Å². The van der Waals surface area contributed by atoms with Gasteiger partial charge in [-0.25, -0.2) is 0 Å². The zero-order valence-corrected chi connectivity index (χ0v) is 9.30. The van der Waals surface area contributed by atoms with Gasteiger partial charge in [0.25, 0.3) is 0 Å². The average molecular weight is 194 g/mol. The monoisotopic (exact) mass is 194 g/mol. The first-order chi connectivity index (χ1) is 6.79. The van der Waals surface area contributed by atoms with Crippen LogP contribution in [0.1, 0.15) is 58.3 Å². The molecule has 1 heteroatoms. The van der Waals surface area contributed by atoms with Crippen LogP contribution >= 0.6 is 0 Å². The van der Waals surface area contributed by atoms with Crippen LogP contribution in [-0.4, -0.2) is 6.29 Å². The van der Waals surface area contributed by atoms with Gasteiger partial charge < -0.3 is 4.79 Å². The summed E-state index contributed by atoms with van der Waals surface area (Å²) >= 11 is 0. The lowest BCUT2D eigenvalue weighted by Gasteiger charge is -2.38. The number of rotatable bonds is 2. The Morgan fingerprint density at radius 1 is 1.07 bits per heavy atom. The fourth-order valence-electron chi connectivity index (χ4n) is 3.75. The Balaban J connectivity index is 2.13. The summed E-state index contributed by atoms with van der Waals surface area (Å²) in [5.74, 6) is 1.36. The van der Waals surface area contributed by atoms with Crippen LogP contribution in [0.15, 0.2) is 0 Å². The molecule has 0 spiro atoms. The van der Waals surface area contributed by atoms with Gasteiger partial charge in [0.05, 0.1) is 0 Å². The van der Waals surface area contributed by atoms with Crippen LogP contribution in [0.5, 0.6) is 0 Å². The molecule has 0 saturated heterocycles. The maximum absolute atomic E-state index is 11.4. The van der Waals surface area contributed by atoms with Crippen molar-refractivity contribution < 1.29 is 4.79 Å². The number of hydrogen-bond acceptors (Lipinski definition) is 1. The molecule has 2 unspecified atom stereocenters. The van der Waals surface area contributed by atoms with E-state index in [4.69, 9.17) is 0 Å². The van der Waals surface area contributed by atoms with Crippen LogP contribution in [0.4, 0.5) is 0 Å². The number of aldehydes is 1. The minimum Gasteiger partial charge on any atom is -0.303 e. The van der Waals surface area contributed by atoms with E-state index < -0.39 is 0 Å². The second-order valence-corrected chi connectivity index (χ2v) is 5.36. The van der Waals surface area contributed by atoms with Gasteiger partial charge in [0.15, 0.2) is 0 Å². The summed E-state index contributed by atoms with van der Waals surface area (Å²) < 4.78 is 0. The lowest BCUT2D eigenvalue weighted by atomic mass is 9.65. The van der Waals surface area contributed by atoms with Crippen LogP contribution < -0.4 is 0 Å². The molecule has 0 bridgehead atoms. The predicted molar refractivity (Wildman–Crippen MR) is 58.1 cm³/mol. The van der Waals surface area contributed by atoms with Crippen molar-refractivity contribution in [3.63, 3.8) is 0 Å². The van der Waals surface area contributed by atoms with Gasteiger partial charge in [-0.3, -0.25) is 0 Å². The topological polar surface area (TPSA) is 17.1 Å². The van der Waals surface area contributed by atoms with Gasteiger partial charge in [0.1, 0.15) is 6.29 Å². The molecule has 0 heterocycles. The fraction of sp³-hybridized carbons (Fsp3) is 0.923. The van der Waals surface area contributed by atoms with Crippen molar-refractivity contribution in [3.05, 3.63) is 0 Å². The van der Waals surface area contributed by atoms with Crippen LogP contribution in [-0.2, 0) is 4.79 Å². The van der Waals surface area contributed by atoms with Crippen LogP contribution in [0.3, 0.4) is 0 Å². The van der Waals surface area contributed by atoms with Crippen molar-refractivity contribution in [2.24, 2.45) is 17.3 Å². The maximum Gasteiger partial charge on any atom is 0.126 e. The Morgan fingerprint density at radius 2 is 1.79 bits per heavy atom. The van der Waals surface area contributed by atoms with E-state index in [1.807, 2.05) is 0 Å². The molecule has 1 nitrogen and oxygen atoms in total. The Labute approximate surface area is 87.3 Å². The summed E-state index contributed by atoms with van der Waals surface area (Å²) in [6, 6.07) is 0. The first kappa shape index (κ1) is 10.2. The summed E-state index contributed by atoms with van der Waals surface area (Å²) in [5.41, 5.74) is 0.0838. The molecule has 0 aromatic rings. The fourth-order valence-corrected chi connectivity index (χ4v) is 3.75. The van der Waals surface area contributed by atoms with Gasteiger partial charge in [-0.15, -0.1) is 0 Å². The van der Waals surface area contributed by atoms with E-state index in [2.05, 4.69) is 6.92 Å². The van der Waals surface area contributed by atoms with E-state index in [0.29, 0.717) is 11.8 Å². The van der Waals surface area contributed by atoms with Gasteiger partial charge in [-0.1, -0.05) is 32.6 Å². The molecule has 0 aliphatic heterocycles. The van der Waals surface area contributed by atoms with Gasteiger partial charge in [-0.05, 0) is 37.5 Å². The third-order valence-electron chi connectivity index (χ3n) is 4.75. The van der Waals surface area contributed by atoms with Gasteiger partial charge in [0, 0.05) is 5.41 Å². The number of carbonyl (C=O) groups excluding carboxylic acids is 1. The minimum absolute atomic E-state index is 0.0838. The molecule has 0 amide bonds. The van der Waals surface area contributed by atoms with Crippen molar-refractivity contribution in [2.45, 2.75) is 58.3 Å². The normalized spacial score (nSPS) is 39.9. The Hall–Kier alpha value is -0.330. The Kier molecular flexibility index (Phi) is 2.94.